The van der Waals surface area contributed by atoms with Crippen molar-refractivity contribution < 1.29 is 9.53 Å². The molecule has 2 fully saturated rings. The second-order valence-electron chi connectivity index (χ2n) is 7.20. The topological polar surface area (TPSA) is 55.6 Å². The smallest absolute Gasteiger partial charge is 0.410 e. The molecule has 1 atom stereocenters. The highest BCUT2D eigenvalue weighted by atomic mass is 16.6. The van der Waals surface area contributed by atoms with E-state index in [2.05, 4.69) is 0 Å². The predicted octanol–water partition coefficient (Wildman–Crippen LogP) is 2.76. The number of carbonyl (C=O) groups is 1. The number of likely N-dealkylation sites (tertiary alicyclic amines) is 1. The van der Waals surface area contributed by atoms with E-state index in [1.807, 2.05) is 25.7 Å². The summed E-state index contributed by atoms with van der Waals surface area (Å²) in [6.45, 7) is 8.17. The van der Waals surface area contributed by atoms with E-state index in [1.165, 1.54) is 25.7 Å². The number of nitrogens with zero attached hydrogens (tertiary/aromatic N) is 1. The van der Waals surface area contributed by atoms with Crippen LogP contribution < -0.4 is 5.73 Å². The highest BCUT2D eigenvalue weighted by Crippen LogP contribution is 2.50. The maximum atomic E-state index is 12.2. The molecule has 0 aromatic rings. The number of carbonyl (C=O) groups excluding carboxylic acids is 1. The zero-order chi connectivity index (χ0) is 14.1. The monoisotopic (exact) mass is 268 g/mol. The van der Waals surface area contributed by atoms with Crippen molar-refractivity contribution in [3.8, 4) is 0 Å². The molecule has 0 radical (unpaired) electrons. The lowest BCUT2D eigenvalue weighted by Crippen LogP contribution is -2.36. The minimum absolute atomic E-state index is 0.154. The first-order valence-corrected chi connectivity index (χ1v) is 7.54. The fourth-order valence-electron chi connectivity index (χ4n) is 3.74. The first kappa shape index (κ1) is 14.6. The third-order valence-electron chi connectivity index (χ3n) is 4.58. The van der Waals surface area contributed by atoms with Crippen molar-refractivity contribution >= 4 is 6.09 Å². The molecule has 4 heteroatoms. The molecular weight excluding hydrogens is 240 g/mol. The van der Waals surface area contributed by atoms with E-state index in [-0.39, 0.29) is 6.09 Å². The summed E-state index contributed by atoms with van der Waals surface area (Å²) >= 11 is 0. The zero-order valence-electron chi connectivity index (χ0n) is 12.6. The lowest BCUT2D eigenvalue weighted by molar-refractivity contribution is 0.0273. The first-order valence-electron chi connectivity index (χ1n) is 7.54. The van der Waals surface area contributed by atoms with Gasteiger partial charge in [-0.25, -0.2) is 4.79 Å². The second kappa shape index (κ2) is 5.31. The molecule has 1 aliphatic carbocycles. The Morgan fingerprint density at radius 2 is 2.00 bits per heavy atom. The SMILES string of the molecule is CC(C)(C)OC(=O)N1CC(CCN)C2(CCCC2)C1. The normalized spacial score (nSPS) is 26.1. The van der Waals surface area contributed by atoms with Gasteiger partial charge in [0.1, 0.15) is 5.60 Å². The van der Waals surface area contributed by atoms with Crippen LogP contribution in [0, 0.1) is 11.3 Å². The molecule has 2 rings (SSSR count). The summed E-state index contributed by atoms with van der Waals surface area (Å²) in [4.78, 5) is 14.1. The van der Waals surface area contributed by atoms with Crippen molar-refractivity contribution in [2.45, 2.75) is 58.5 Å². The van der Waals surface area contributed by atoms with Crippen molar-refractivity contribution in [3.63, 3.8) is 0 Å². The zero-order valence-corrected chi connectivity index (χ0v) is 12.6. The molecule has 0 bridgehead atoms. The average molecular weight is 268 g/mol. The molecule has 19 heavy (non-hydrogen) atoms. The summed E-state index contributed by atoms with van der Waals surface area (Å²) in [5.74, 6) is 0.563. The molecule has 1 unspecified atom stereocenters. The Bertz CT molecular complexity index is 330. The largest absolute Gasteiger partial charge is 0.444 e. The minimum atomic E-state index is -0.411. The van der Waals surface area contributed by atoms with Crippen LogP contribution in [0.2, 0.25) is 0 Å². The number of nitrogens with two attached hydrogens (primary N) is 1. The summed E-state index contributed by atoms with van der Waals surface area (Å²) in [6.07, 6.45) is 5.96. The molecule has 2 N–H and O–H groups in total. The van der Waals surface area contributed by atoms with Crippen LogP contribution in [0.25, 0.3) is 0 Å². The van der Waals surface area contributed by atoms with E-state index in [4.69, 9.17) is 10.5 Å². The van der Waals surface area contributed by atoms with Crippen LogP contribution in [0.5, 0.6) is 0 Å². The predicted molar refractivity (Wildman–Crippen MR) is 75.9 cm³/mol. The van der Waals surface area contributed by atoms with Gasteiger partial charge in [0.15, 0.2) is 0 Å². The Balaban J connectivity index is 2.03. The summed E-state index contributed by atoms with van der Waals surface area (Å²) in [6, 6.07) is 0. The van der Waals surface area contributed by atoms with Gasteiger partial charge in [-0.1, -0.05) is 12.8 Å². The summed E-state index contributed by atoms with van der Waals surface area (Å²) < 4.78 is 5.51. The van der Waals surface area contributed by atoms with Crippen molar-refractivity contribution in [1.29, 1.82) is 0 Å². The summed E-state index contributed by atoms with van der Waals surface area (Å²) in [5, 5.41) is 0. The molecule has 2 aliphatic rings. The fourth-order valence-corrected chi connectivity index (χ4v) is 3.74. The van der Waals surface area contributed by atoms with Crippen molar-refractivity contribution in [2.24, 2.45) is 17.1 Å². The number of hydrogen-bond donors (Lipinski definition) is 1. The number of amides is 1. The molecule has 0 aromatic heterocycles. The Kier molecular flexibility index (Phi) is 4.09. The van der Waals surface area contributed by atoms with Crippen LogP contribution in [0.3, 0.4) is 0 Å². The Labute approximate surface area is 116 Å². The third-order valence-corrected chi connectivity index (χ3v) is 4.58. The van der Waals surface area contributed by atoms with Crippen LogP contribution in [0.4, 0.5) is 4.79 Å². The minimum Gasteiger partial charge on any atom is -0.444 e. The summed E-state index contributed by atoms with van der Waals surface area (Å²) in [7, 11) is 0. The lowest BCUT2D eigenvalue weighted by atomic mass is 9.75. The molecule has 0 aromatic carbocycles. The van der Waals surface area contributed by atoms with Gasteiger partial charge in [-0.3, -0.25) is 0 Å². The Hall–Kier alpha value is -0.770. The van der Waals surface area contributed by atoms with E-state index >= 15 is 0 Å². The van der Waals surface area contributed by atoms with Crippen LogP contribution in [-0.4, -0.2) is 36.2 Å². The van der Waals surface area contributed by atoms with E-state index in [9.17, 15) is 4.79 Å². The average Bonchev–Trinajstić information content (AvgIpc) is 2.87. The molecule has 1 heterocycles. The lowest BCUT2D eigenvalue weighted by Gasteiger charge is -2.29. The van der Waals surface area contributed by atoms with E-state index in [1.54, 1.807) is 0 Å². The van der Waals surface area contributed by atoms with Gasteiger partial charge in [-0.15, -0.1) is 0 Å². The molecule has 110 valence electrons. The van der Waals surface area contributed by atoms with Crippen molar-refractivity contribution in [2.75, 3.05) is 19.6 Å². The Morgan fingerprint density at radius 3 is 2.53 bits per heavy atom. The molecule has 1 aliphatic heterocycles. The summed E-state index contributed by atoms with van der Waals surface area (Å²) in [5.41, 5.74) is 5.67. The number of rotatable bonds is 2. The van der Waals surface area contributed by atoms with Gasteiger partial charge in [-0.05, 0) is 57.9 Å². The quantitative estimate of drug-likeness (QED) is 0.838. The molecule has 1 saturated heterocycles. The van der Waals surface area contributed by atoms with Crippen LogP contribution in [0.1, 0.15) is 52.9 Å². The molecule has 1 amide bonds. The van der Waals surface area contributed by atoms with E-state index in [0.717, 1.165) is 19.5 Å². The second-order valence-corrected chi connectivity index (χ2v) is 7.20. The number of ether oxygens (including phenoxy) is 1. The number of hydrogen-bond acceptors (Lipinski definition) is 3. The van der Waals surface area contributed by atoms with Gasteiger partial charge in [0.2, 0.25) is 0 Å². The van der Waals surface area contributed by atoms with Gasteiger partial charge >= 0.3 is 6.09 Å². The van der Waals surface area contributed by atoms with Gasteiger partial charge in [0.05, 0.1) is 0 Å². The Morgan fingerprint density at radius 1 is 1.37 bits per heavy atom. The van der Waals surface area contributed by atoms with Crippen molar-refractivity contribution in [3.05, 3.63) is 0 Å². The standard InChI is InChI=1S/C15H28N2O2/c1-14(2,3)19-13(18)17-10-12(6-9-16)15(11-17)7-4-5-8-15/h12H,4-11,16H2,1-3H3. The van der Waals surface area contributed by atoms with Gasteiger partial charge in [0.25, 0.3) is 0 Å². The third kappa shape index (κ3) is 3.22. The maximum Gasteiger partial charge on any atom is 0.410 e. The van der Waals surface area contributed by atoms with Gasteiger partial charge in [0, 0.05) is 13.1 Å². The maximum absolute atomic E-state index is 12.2. The van der Waals surface area contributed by atoms with Crippen molar-refractivity contribution in [1.82, 2.24) is 4.90 Å². The van der Waals surface area contributed by atoms with Crippen LogP contribution in [0.15, 0.2) is 0 Å². The molecular formula is C15H28N2O2. The van der Waals surface area contributed by atoms with E-state index in [0.29, 0.717) is 17.9 Å². The molecule has 1 spiro atoms. The van der Waals surface area contributed by atoms with E-state index < -0.39 is 5.60 Å². The molecule has 1 saturated carbocycles. The van der Waals surface area contributed by atoms with Crippen LogP contribution >= 0.6 is 0 Å². The van der Waals surface area contributed by atoms with Gasteiger partial charge < -0.3 is 15.4 Å². The highest BCUT2D eigenvalue weighted by Gasteiger charge is 2.49. The fraction of sp³-hybridized carbons (Fsp3) is 0.933. The molecule has 4 nitrogen and oxygen atoms in total. The van der Waals surface area contributed by atoms with Gasteiger partial charge in [-0.2, -0.15) is 0 Å². The highest BCUT2D eigenvalue weighted by molar-refractivity contribution is 5.68. The first-order chi connectivity index (χ1) is 8.86. The van der Waals surface area contributed by atoms with Crippen LogP contribution in [-0.2, 0) is 4.74 Å².